The zero-order valence-corrected chi connectivity index (χ0v) is 15.0. The predicted octanol–water partition coefficient (Wildman–Crippen LogP) is 2.05. The number of likely N-dealkylation sites (N-methyl/N-ethyl adjacent to an activating group) is 1. The van der Waals surface area contributed by atoms with E-state index in [1.54, 1.807) is 23.4 Å². The molecule has 0 aliphatic carbocycles. The van der Waals surface area contributed by atoms with Gasteiger partial charge >= 0.3 is 0 Å². The highest BCUT2D eigenvalue weighted by atomic mass is 79.9. The first-order chi connectivity index (χ1) is 9.77. The summed E-state index contributed by atoms with van der Waals surface area (Å²) in [5.41, 5.74) is 7.00. The first-order valence-electron chi connectivity index (χ1n) is 7.07. The number of anilines is 1. The summed E-state index contributed by atoms with van der Waals surface area (Å²) >= 11 is 3.33. The Bertz CT molecular complexity index is 633. The second-order valence-electron chi connectivity index (χ2n) is 5.46. The van der Waals surface area contributed by atoms with Gasteiger partial charge in [0.25, 0.3) is 0 Å². The summed E-state index contributed by atoms with van der Waals surface area (Å²) in [5.74, 6) is 0. The zero-order valence-electron chi connectivity index (χ0n) is 12.6. The Balaban J connectivity index is 2.36. The van der Waals surface area contributed by atoms with Crippen molar-refractivity contribution >= 4 is 31.6 Å². The van der Waals surface area contributed by atoms with Crippen LogP contribution in [0, 0.1) is 6.92 Å². The molecule has 0 radical (unpaired) electrons. The highest BCUT2D eigenvalue weighted by Crippen LogP contribution is 2.29. The van der Waals surface area contributed by atoms with Crippen molar-refractivity contribution in [3.8, 4) is 0 Å². The molecule has 1 aliphatic heterocycles. The number of hydrogen-bond acceptors (Lipinski definition) is 4. The zero-order chi connectivity index (χ0) is 15.8. The molecule has 5 nitrogen and oxygen atoms in total. The summed E-state index contributed by atoms with van der Waals surface area (Å²) in [4.78, 5) is 2.58. The van der Waals surface area contributed by atoms with Crippen LogP contribution in [0.3, 0.4) is 0 Å². The number of benzene rings is 1. The number of nitrogens with two attached hydrogens (primary N) is 1. The molecule has 0 saturated carbocycles. The van der Waals surface area contributed by atoms with Gasteiger partial charge in [0.2, 0.25) is 10.0 Å². The average molecular weight is 376 g/mol. The Labute approximate surface area is 135 Å². The molecule has 0 aromatic heterocycles. The minimum atomic E-state index is -3.51. The molecule has 0 spiro atoms. The standard InChI is InChI=1S/C14H22BrN3O2S/c1-4-17-5-6-18(9-10(17)2)21(19,20)14-8-12(15)7-13(16)11(14)3/h7-8,10H,4-6,9,16H2,1-3H3. The highest BCUT2D eigenvalue weighted by Gasteiger charge is 2.32. The van der Waals surface area contributed by atoms with Gasteiger partial charge in [-0.05, 0) is 38.1 Å². The third-order valence-corrected chi connectivity index (χ3v) is 6.57. The summed E-state index contributed by atoms with van der Waals surface area (Å²) in [6.07, 6.45) is 0. The van der Waals surface area contributed by atoms with Crippen molar-refractivity contribution in [1.29, 1.82) is 0 Å². The van der Waals surface area contributed by atoms with Crippen LogP contribution in [0.5, 0.6) is 0 Å². The van der Waals surface area contributed by atoms with Gasteiger partial charge in [-0.25, -0.2) is 8.42 Å². The maximum atomic E-state index is 12.9. The predicted molar refractivity (Wildman–Crippen MR) is 88.8 cm³/mol. The van der Waals surface area contributed by atoms with Crippen LogP contribution in [0.4, 0.5) is 5.69 Å². The Morgan fingerprint density at radius 1 is 1.38 bits per heavy atom. The van der Waals surface area contributed by atoms with Crippen LogP contribution in [0.15, 0.2) is 21.5 Å². The van der Waals surface area contributed by atoms with E-state index in [1.807, 2.05) is 0 Å². The third kappa shape index (κ3) is 3.26. The highest BCUT2D eigenvalue weighted by molar-refractivity contribution is 9.10. The normalized spacial score (nSPS) is 21.6. The van der Waals surface area contributed by atoms with Crippen molar-refractivity contribution in [2.75, 3.05) is 31.9 Å². The molecule has 1 aromatic rings. The van der Waals surface area contributed by atoms with E-state index >= 15 is 0 Å². The van der Waals surface area contributed by atoms with Crippen LogP contribution in [0.2, 0.25) is 0 Å². The van der Waals surface area contributed by atoms with E-state index in [0.29, 0.717) is 33.7 Å². The number of piperazine rings is 1. The number of rotatable bonds is 3. The number of nitrogen functional groups attached to an aromatic ring is 1. The molecule has 1 unspecified atom stereocenters. The molecule has 2 rings (SSSR count). The van der Waals surface area contributed by atoms with E-state index in [4.69, 9.17) is 5.73 Å². The summed E-state index contributed by atoms with van der Waals surface area (Å²) in [5, 5.41) is 0. The fourth-order valence-corrected chi connectivity index (χ4v) is 5.15. The smallest absolute Gasteiger partial charge is 0.243 e. The van der Waals surface area contributed by atoms with E-state index < -0.39 is 10.0 Å². The average Bonchev–Trinajstić information content (AvgIpc) is 2.42. The van der Waals surface area contributed by atoms with Gasteiger partial charge < -0.3 is 5.73 Å². The molecule has 21 heavy (non-hydrogen) atoms. The molecule has 7 heteroatoms. The lowest BCUT2D eigenvalue weighted by atomic mass is 10.2. The van der Waals surface area contributed by atoms with Crippen LogP contribution in [0.25, 0.3) is 0 Å². The Kier molecular flexibility index (Phi) is 4.97. The molecular weight excluding hydrogens is 354 g/mol. The number of nitrogens with zero attached hydrogens (tertiary/aromatic N) is 2. The second kappa shape index (κ2) is 6.24. The number of sulfonamides is 1. The van der Waals surface area contributed by atoms with Gasteiger partial charge in [0.1, 0.15) is 0 Å². The number of halogens is 1. The summed E-state index contributed by atoms with van der Waals surface area (Å²) in [7, 11) is -3.51. The molecular formula is C14H22BrN3O2S. The lowest BCUT2D eigenvalue weighted by molar-refractivity contribution is 0.135. The van der Waals surface area contributed by atoms with Crippen LogP contribution in [-0.2, 0) is 10.0 Å². The fraction of sp³-hybridized carbons (Fsp3) is 0.571. The summed E-state index contributed by atoms with van der Waals surface area (Å²) < 4.78 is 28.0. The molecule has 1 heterocycles. The fourth-order valence-electron chi connectivity index (χ4n) is 2.73. The minimum Gasteiger partial charge on any atom is -0.398 e. The Hall–Kier alpha value is -0.630. The molecule has 0 bridgehead atoms. The first kappa shape index (κ1) is 16.7. The third-order valence-electron chi connectivity index (χ3n) is 4.12. The van der Waals surface area contributed by atoms with Crippen molar-refractivity contribution in [3.63, 3.8) is 0 Å². The van der Waals surface area contributed by atoms with E-state index in [1.165, 1.54) is 0 Å². The molecule has 0 amide bonds. The molecule has 2 N–H and O–H groups in total. The Morgan fingerprint density at radius 2 is 2.05 bits per heavy atom. The van der Waals surface area contributed by atoms with Gasteiger partial charge in [0.15, 0.2) is 0 Å². The van der Waals surface area contributed by atoms with E-state index in [-0.39, 0.29) is 6.04 Å². The topological polar surface area (TPSA) is 66.6 Å². The molecule has 118 valence electrons. The van der Waals surface area contributed by atoms with Gasteiger partial charge in [0.05, 0.1) is 4.90 Å². The molecule has 1 atom stereocenters. The number of hydrogen-bond donors (Lipinski definition) is 1. The SMILES string of the molecule is CCN1CCN(S(=O)(=O)c2cc(Br)cc(N)c2C)CC1C. The monoisotopic (exact) mass is 375 g/mol. The molecule has 1 aliphatic rings. The second-order valence-corrected chi connectivity index (χ2v) is 8.28. The van der Waals surface area contributed by atoms with Gasteiger partial charge in [-0.2, -0.15) is 4.31 Å². The lowest BCUT2D eigenvalue weighted by Crippen LogP contribution is -2.53. The van der Waals surface area contributed by atoms with Gasteiger partial charge in [-0.3, -0.25) is 4.90 Å². The van der Waals surface area contributed by atoms with Crippen molar-refractivity contribution in [2.24, 2.45) is 0 Å². The van der Waals surface area contributed by atoms with Crippen molar-refractivity contribution in [3.05, 3.63) is 22.2 Å². The molecule has 1 aromatic carbocycles. The molecule has 1 saturated heterocycles. The largest absolute Gasteiger partial charge is 0.398 e. The Morgan fingerprint density at radius 3 is 2.62 bits per heavy atom. The maximum absolute atomic E-state index is 12.9. The van der Waals surface area contributed by atoms with Gasteiger partial charge in [-0.15, -0.1) is 0 Å². The van der Waals surface area contributed by atoms with Crippen molar-refractivity contribution < 1.29 is 8.42 Å². The lowest BCUT2D eigenvalue weighted by Gasteiger charge is -2.38. The summed E-state index contributed by atoms with van der Waals surface area (Å²) in [6, 6.07) is 3.59. The van der Waals surface area contributed by atoms with Crippen molar-refractivity contribution in [1.82, 2.24) is 9.21 Å². The summed E-state index contributed by atoms with van der Waals surface area (Å²) in [6.45, 7) is 8.65. The quantitative estimate of drug-likeness (QED) is 0.820. The van der Waals surface area contributed by atoms with Gasteiger partial charge in [-0.1, -0.05) is 22.9 Å². The van der Waals surface area contributed by atoms with E-state index in [9.17, 15) is 8.42 Å². The van der Waals surface area contributed by atoms with E-state index in [2.05, 4.69) is 34.7 Å². The van der Waals surface area contributed by atoms with Crippen LogP contribution in [0.1, 0.15) is 19.4 Å². The maximum Gasteiger partial charge on any atom is 0.243 e. The van der Waals surface area contributed by atoms with Crippen LogP contribution < -0.4 is 5.73 Å². The van der Waals surface area contributed by atoms with Crippen LogP contribution >= 0.6 is 15.9 Å². The molecule has 1 fully saturated rings. The minimum absolute atomic E-state index is 0.225. The van der Waals surface area contributed by atoms with Crippen LogP contribution in [-0.4, -0.2) is 49.8 Å². The van der Waals surface area contributed by atoms with E-state index in [0.717, 1.165) is 13.1 Å². The first-order valence-corrected chi connectivity index (χ1v) is 9.30. The van der Waals surface area contributed by atoms with Gasteiger partial charge in [0, 0.05) is 35.8 Å². The van der Waals surface area contributed by atoms with Crippen molar-refractivity contribution in [2.45, 2.75) is 31.7 Å².